The van der Waals surface area contributed by atoms with Gasteiger partial charge in [-0.25, -0.2) is 0 Å². The first-order valence-electron chi connectivity index (χ1n) is 5.24. The topological polar surface area (TPSA) is 75.6 Å². The van der Waals surface area contributed by atoms with Crippen molar-refractivity contribution in [3.63, 3.8) is 0 Å². The van der Waals surface area contributed by atoms with Gasteiger partial charge < -0.3 is 15.2 Å². The van der Waals surface area contributed by atoms with E-state index in [2.05, 4.69) is 5.32 Å². The molecule has 5 heteroatoms. The van der Waals surface area contributed by atoms with Crippen molar-refractivity contribution in [2.75, 3.05) is 19.8 Å². The average Bonchev–Trinajstić information content (AvgIpc) is 2.95. The SMILES string of the molecule is O=C(O)CCNC(=O)CCOCC1CC1. The van der Waals surface area contributed by atoms with Crippen LogP contribution < -0.4 is 5.32 Å². The fourth-order valence-corrected chi connectivity index (χ4v) is 1.10. The van der Waals surface area contributed by atoms with Crippen LogP contribution in [0.3, 0.4) is 0 Å². The molecular formula is C10H17NO4. The molecule has 0 bridgehead atoms. The molecule has 5 nitrogen and oxygen atoms in total. The first kappa shape index (κ1) is 12.0. The Kier molecular flexibility index (Phi) is 5.10. The van der Waals surface area contributed by atoms with Gasteiger partial charge in [0.15, 0.2) is 0 Å². The fourth-order valence-electron chi connectivity index (χ4n) is 1.10. The lowest BCUT2D eigenvalue weighted by atomic mass is 10.4. The van der Waals surface area contributed by atoms with Gasteiger partial charge >= 0.3 is 5.97 Å². The van der Waals surface area contributed by atoms with Gasteiger partial charge in [0.25, 0.3) is 0 Å². The summed E-state index contributed by atoms with van der Waals surface area (Å²) in [4.78, 5) is 21.2. The number of rotatable bonds is 8. The smallest absolute Gasteiger partial charge is 0.305 e. The average molecular weight is 215 g/mol. The second kappa shape index (κ2) is 6.40. The van der Waals surface area contributed by atoms with E-state index in [4.69, 9.17) is 9.84 Å². The summed E-state index contributed by atoms with van der Waals surface area (Å²) in [5.74, 6) is -0.340. The number of carbonyl (C=O) groups excluding carboxylic acids is 1. The number of hydrogen-bond acceptors (Lipinski definition) is 3. The molecule has 0 spiro atoms. The predicted molar refractivity (Wildman–Crippen MR) is 53.4 cm³/mol. The molecule has 1 rings (SSSR count). The highest BCUT2D eigenvalue weighted by Gasteiger charge is 2.20. The minimum absolute atomic E-state index is 0.0331. The standard InChI is InChI=1S/C10H17NO4/c12-9(11-5-3-10(13)14)4-6-15-7-8-1-2-8/h8H,1-7H2,(H,11,12)(H,13,14). The van der Waals surface area contributed by atoms with Crippen molar-refractivity contribution in [3.8, 4) is 0 Å². The molecule has 0 heterocycles. The van der Waals surface area contributed by atoms with Crippen LogP contribution in [0.15, 0.2) is 0 Å². The van der Waals surface area contributed by atoms with Crippen LogP contribution in [0, 0.1) is 5.92 Å². The van der Waals surface area contributed by atoms with E-state index in [1.54, 1.807) is 0 Å². The first-order valence-corrected chi connectivity index (χ1v) is 5.24. The predicted octanol–water partition coefficient (Wildman–Crippen LogP) is 0.394. The van der Waals surface area contributed by atoms with E-state index in [9.17, 15) is 9.59 Å². The van der Waals surface area contributed by atoms with Crippen LogP contribution in [0.1, 0.15) is 25.7 Å². The van der Waals surface area contributed by atoms with Crippen LogP contribution in [0.2, 0.25) is 0 Å². The molecule has 0 aromatic rings. The van der Waals surface area contributed by atoms with Crippen molar-refractivity contribution in [2.24, 2.45) is 5.92 Å². The van der Waals surface area contributed by atoms with Gasteiger partial charge in [-0.2, -0.15) is 0 Å². The normalized spacial score (nSPS) is 14.9. The molecule has 0 aromatic heterocycles. The van der Waals surface area contributed by atoms with Crippen molar-refractivity contribution in [1.29, 1.82) is 0 Å². The summed E-state index contributed by atoms with van der Waals surface area (Å²) in [5, 5.41) is 10.9. The molecule has 1 aliphatic carbocycles. The number of aliphatic carboxylic acids is 1. The van der Waals surface area contributed by atoms with Crippen LogP contribution in [0.5, 0.6) is 0 Å². The zero-order valence-electron chi connectivity index (χ0n) is 8.70. The van der Waals surface area contributed by atoms with Gasteiger partial charge in [-0.3, -0.25) is 9.59 Å². The fraction of sp³-hybridized carbons (Fsp3) is 0.800. The third kappa shape index (κ3) is 6.90. The summed E-state index contributed by atoms with van der Waals surface area (Å²) < 4.78 is 5.28. The number of amides is 1. The van der Waals surface area contributed by atoms with Crippen LogP contribution in [0.25, 0.3) is 0 Å². The Morgan fingerprint density at radius 3 is 2.67 bits per heavy atom. The number of carboxylic acid groups (broad SMARTS) is 1. The number of carboxylic acids is 1. The van der Waals surface area contributed by atoms with Crippen LogP contribution in [0.4, 0.5) is 0 Å². The maximum atomic E-state index is 11.1. The summed E-state index contributed by atoms with van der Waals surface area (Å²) in [5.41, 5.74) is 0. The molecule has 0 aliphatic heterocycles. The maximum absolute atomic E-state index is 11.1. The maximum Gasteiger partial charge on any atom is 0.305 e. The Morgan fingerprint density at radius 1 is 1.33 bits per heavy atom. The van der Waals surface area contributed by atoms with Gasteiger partial charge in [-0.05, 0) is 18.8 Å². The summed E-state index contributed by atoms with van der Waals surface area (Å²) >= 11 is 0. The van der Waals surface area contributed by atoms with Crippen LogP contribution in [-0.4, -0.2) is 36.7 Å². The zero-order valence-corrected chi connectivity index (χ0v) is 8.70. The molecule has 0 saturated heterocycles. The Labute approximate surface area is 88.8 Å². The highest BCUT2D eigenvalue weighted by Crippen LogP contribution is 2.28. The molecule has 0 aromatic carbocycles. The van der Waals surface area contributed by atoms with E-state index in [-0.39, 0.29) is 18.9 Å². The molecule has 86 valence electrons. The molecule has 1 amide bonds. The Bertz CT molecular complexity index is 225. The number of ether oxygens (including phenoxy) is 1. The van der Waals surface area contributed by atoms with Crippen LogP contribution >= 0.6 is 0 Å². The van der Waals surface area contributed by atoms with E-state index in [0.717, 1.165) is 6.61 Å². The quantitative estimate of drug-likeness (QED) is 0.574. The lowest BCUT2D eigenvalue weighted by Gasteiger charge is -2.04. The molecule has 1 aliphatic rings. The second-order valence-corrected chi connectivity index (χ2v) is 3.76. The summed E-state index contributed by atoms with van der Waals surface area (Å²) in [6, 6.07) is 0. The first-order chi connectivity index (χ1) is 7.18. The number of hydrogen-bond donors (Lipinski definition) is 2. The van der Waals surface area contributed by atoms with E-state index in [1.807, 2.05) is 0 Å². The van der Waals surface area contributed by atoms with Gasteiger partial charge in [0, 0.05) is 19.6 Å². The number of nitrogens with one attached hydrogen (secondary N) is 1. The van der Waals surface area contributed by atoms with Crippen molar-refractivity contribution >= 4 is 11.9 Å². The van der Waals surface area contributed by atoms with Crippen LogP contribution in [-0.2, 0) is 14.3 Å². The molecule has 0 radical (unpaired) electrons. The third-order valence-corrected chi connectivity index (χ3v) is 2.18. The molecule has 2 N–H and O–H groups in total. The summed E-state index contributed by atoms with van der Waals surface area (Å²) in [7, 11) is 0. The van der Waals surface area contributed by atoms with Gasteiger partial charge in [0.2, 0.25) is 5.91 Å². The lowest BCUT2D eigenvalue weighted by molar-refractivity contribution is -0.136. The van der Waals surface area contributed by atoms with Crippen molar-refractivity contribution in [2.45, 2.75) is 25.7 Å². The van der Waals surface area contributed by atoms with E-state index in [0.29, 0.717) is 18.9 Å². The van der Waals surface area contributed by atoms with Gasteiger partial charge in [0.1, 0.15) is 0 Å². The number of carbonyl (C=O) groups is 2. The zero-order chi connectivity index (χ0) is 11.1. The lowest BCUT2D eigenvalue weighted by Crippen LogP contribution is -2.26. The summed E-state index contributed by atoms with van der Waals surface area (Å²) in [6.45, 7) is 1.37. The minimum Gasteiger partial charge on any atom is -0.481 e. The highest BCUT2D eigenvalue weighted by molar-refractivity contribution is 5.76. The molecule has 1 fully saturated rings. The summed E-state index contributed by atoms with van der Waals surface area (Å²) in [6.07, 6.45) is 2.76. The monoisotopic (exact) mass is 215 g/mol. The van der Waals surface area contributed by atoms with E-state index < -0.39 is 5.97 Å². The largest absolute Gasteiger partial charge is 0.481 e. The molecule has 1 saturated carbocycles. The van der Waals surface area contributed by atoms with Gasteiger partial charge in [0.05, 0.1) is 13.0 Å². The minimum atomic E-state index is -0.903. The molecule has 0 atom stereocenters. The molecule has 15 heavy (non-hydrogen) atoms. The van der Waals surface area contributed by atoms with Gasteiger partial charge in [-0.15, -0.1) is 0 Å². The Balaban J connectivity index is 1.86. The van der Waals surface area contributed by atoms with Gasteiger partial charge in [-0.1, -0.05) is 0 Å². The van der Waals surface area contributed by atoms with Crippen molar-refractivity contribution in [3.05, 3.63) is 0 Å². The van der Waals surface area contributed by atoms with E-state index >= 15 is 0 Å². The highest BCUT2D eigenvalue weighted by atomic mass is 16.5. The Hall–Kier alpha value is -1.10. The second-order valence-electron chi connectivity index (χ2n) is 3.76. The third-order valence-electron chi connectivity index (χ3n) is 2.18. The van der Waals surface area contributed by atoms with E-state index in [1.165, 1.54) is 12.8 Å². The van der Waals surface area contributed by atoms with Crippen molar-refractivity contribution in [1.82, 2.24) is 5.32 Å². The Morgan fingerprint density at radius 2 is 2.07 bits per heavy atom. The molecular weight excluding hydrogens is 198 g/mol. The molecule has 0 unspecified atom stereocenters. The van der Waals surface area contributed by atoms with Crippen molar-refractivity contribution < 1.29 is 19.4 Å².